The third kappa shape index (κ3) is 4.02. The van der Waals surface area contributed by atoms with Gasteiger partial charge in [-0.15, -0.1) is 0 Å². The molecule has 0 heterocycles. The van der Waals surface area contributed by atoms with Gasteiger partial charge in [0.2, 0.25) is 0 Å². The molecule has 0 aliphatic rings. The van der Waals surface area contributed by atoms with Crippen LogP contribution in [0.3, 0.4) is 0 Å². The Bertz CT molecular complexity index is 350. The molecule has 3 nitrogen and oxygen atoms in total. The van der Waals surface area contributed by atoms with Gasteiger partial charge in [0, 0.05) is 6.04 Å². The molecule has 0 spiro atoms. The maximum absolute atomic E-state index is 5.63. The van der Waals surface area contributed by atoms with Crippen molar-refractivity contribution in [2.45, 2.75) is 39.7 Å². The molecular formula is C14H24N2O. The Labute approximate surface area is 104 Å². The molecule has 0 saturated carbocycles. The van der Waals surface area contributed by atoms with Gasteiger partial charge in [0.15, 0.2) is 0 Å². The summed E-state index contributed by atoms with van der Waals surface area (Å²) in [6.45, 7) is 6.49. The number of aryl methyl sites for hydroxylation is 1. The number of ether oxygens (including phenoxy) is 1. The molecule has 1 aromatic carbocycles. The summed E-state index contributed by atoms with van der Waals surface area (Å²) in [5, 5.41) is 0. The lowest BCUT2D eigenvalue weighted by Gasteiger charge is -2.18. The van der Waals surface area contributed by atoms with Crippen molar-refractivity contribution in [2.24, 2.45) is 11.8 Å². The normalized spacial score (nSPS) is 12.8. The summed E-state index contributed by atoms with van der Waals surface area (Å²) in [6, 6.07) is 6.46. The Morgan fingerprint density at radius 2 is 2.00 bits per heavy atom. The van der Waals surface area contributed by atoms with Crippen molar-refractivity contribution in [3.63, 3.8) is 0 Å². The Morgan fingerprint density at radius 3 is 2.53 bits per heavy atom. The van der Waals surface area contributed by atoms with Gasteiger partial charge in [-0.3, -0.25) is 11.3 Å². The van der Waals surface area contributed by atoms with Gasteiger partial charge >= 0.3 is 0 Å². The number of nitrogens with two attached hydrogens (primary N) is 1. The maximum atomic E-state index is 5.63. The number of hydrogen-bond donors (Lipinski definition) is 2. The fraction of sp³-hybridized carbons (Fsp3) is 0.571. The smallest absolute Gasteiger partial charge is 0.122 e. The zero-order valence-corrected chi connectivity index (χ0v) is 11.3. The minimum Gasteiger partial charge on any atom is -0.496 e. The van der Waals surface area contributed by atoms with Gasteiger partial charge in [-0.05, 0) is 42.9 Å². The van der Waals surface area contributed by atoms with Gasteiger partial charge in [-0.25, -0.2) is 0 Å². The van der Waals surface area contributed by atoms with Crippen LogP contribution in [0.15, 0.2) is 18.2 Å². The molecule has 0 saturated heterocycles. The fourth-order valence-corrected chi connectivity index (χ4v) is 1.90. The van der Waals surface area contributed by atoms with E-state index in [2.05, 4.69) is 37.5 Å². The van der Waals surface area contributed by atoms with Gasteiger partial charge in [0.1, 0.15) is 5.75 Å². The van der Waals surface area contributed by atoms with Crippen molar-refractivity contribution in [3.8, 4) is 5.75 Å². The van der Waals surface area contributed by atoms with Crippen LogP contribution in [-0.4, -0.2) is 7.11 Å². The molecule has 17 heavy (non-hydrogen) atoms. The molecule has 1 rings (SSSR count). The zero-order chi connectivity index (χ0) is 12.8. The Balaban J connectivity index is 2.80. The predicted molar refractivity (Wildman–Crippen MR) is 71.9 cm³/mol. The van der Waals surface area contributed by atoms with Crippen molar-refractivity contribution >= 4 is 0 Å². The van der Waals surface area contributed by atoms with Crippen LogP contribution in [0, 0.1) is 12.8 Å². The number of benzene rings is 1. The molecule has 1 atom stereocenters. The summed E-state index contributed by atoms with van der Waals surface area (Å²) >= 11 is 0. The molecule has 1 unspecified atom stereocenters. The topological polar surface area (TPSA) is 47.3 Å². The van der Waals surface area contributed by atoms with Crippen LogP contribution in [-0.2, 0) is 0 Å². The first-order chi connectivity index (χ1) is 8.08. The second kappa shape index (κ2) is 6.62. The third-order valence-electron chi connectivity index (χ3n) is 3.07. The quantitative estimate of drug-likeness (QED) is 0.589. The molecule has 0 amide bonds. The average Bonchev–Trinajstić information content (AvgIpc) is 2.31. The van der Waals surface area contributed by atoms with Gasteiger partial charge in [0.25, 0.3) is 0 Å². The van der Waals surface area contributed by atoms with Crippen LogP contribution < -0.4 is 16.0 Å². The monoisotopic (exact) mass is 236 g/mol. The number of hydrazine groups is 1. The summed E-state index contributed by atoms with van der Waals surface area (Å²) in [7, 11) is 1.70. The average molecular weight is 236 g/mol. The Hall–Kier alpha value is -1.06. The predicted octanol–water partition coefficient (Wildman–Crippen LogP) is 2.94. The second-order valence-corrected chi connectivity index (χ2v) is 4.92. The molecular weight excluding hydrogens is 212 g/mol. The minimum absolute atomic E-state index is 0.201. The first-order valence-corrected chi connectivity index (χ1v) is 6.19. The van der Waals surface area contributed by atoms with E-state index in [-0.39, 0.29) is 6.04 Å². The van der Waals surface area contributed by atoms with Crippen LogP contribution in [0.4, 0.5) is 0 Å². The van der Waals surface area contributed by atoms with Crippen molar-refractivity contribution in [2.75, 3.05) is 7.11 Å². The highest BCUT2D eigenvalue weighted by molar-refractivity contribution is 5.37. The molecule has 0 aromatic heterocycles. The zero-order valence-electron chi connectivity index (χ0n) is 11.3. The van der Waals surface area contributed by atoms with Gasteiger partial charge in [-0.2, -0.15) is 0 Å². The van der Waals surface area contributed by atoms with Crippen LogP contribution in [0.1, 0.15) is 43.9 Å². The van der Waals surface area contributed by atoms with E-state index in [9.17, 15) is 0 Å². The minimum atomic E-state index is 0.201. The lowest BCUT2D eigenvalue weighted by atomic mass is 9.97. The summed E-state index contributed by atoms with van der Waals surface area (Å²) in [5.74, 6) is 7.25. The van der Waals surface area contributed by atoms with E-state index >= 15 is 0 Å². The molecule has 3 heteroatoms. The lowest BCUT2D eigenvalue weighted by Crippen LogP contribution is -2.28. The second-order valence-electron chi connectivity index (χ2n) is 4.92. The lowest BCUT2D eigenvalue weighted by molar-refractivity contribution is 0.407. The number of nitrogens with one attached hydrogen (secondary N) is 1. The SMILES string of the molecule is COc1cc(C(CCC(C)C)NN)ccc1C. The molecule has 0 fully saturated rings. The standard InChI is InChI=1S/C14H24N2O/c1-10(2)5-8-13(16-15)12-7-6-11(3)14(9-12)17-4/h6-7,9-10,13,16H,5,8,15H2,1-4H3. The van der Waals surface area contributed by atoms with E-state index in [0.717, 1.165) is 24.2 Å². The highest BCUT2D eigenvalue weighted by atomic mass is 16.5. The van der Waals surface area contributed by atoms with Gasteiger partial charge < -0.3 is 4.74 Å². The Morgan fingerprint density at radius 1 is 1.29 bits per heavy atom. The van der Waals surface area contributed by atoms with Crippen LogP contribution >= 0.6 is 0 Å². The summed E-state index contributed by atoms with van der Waals surface area (Å²) in [6.07, 6.45) is 2.20. The van der Waals surface area contributed by atoms with E-state index in [1.807, 2.05) is 6.92 Å². The summed E-state index contributed by atoms with van der Waals surface area (Å²) in [5.41, 5.74) is 5.23. The van der Waals surface area contributed by atoms with Crippen molar-refractivity contribution in [3.05, 3.63) is 29.3 Å². The van der Waals surface area contributed by atoms with Crippen LogP contribution in [0.2, 0.25) is 0 Å². The highest BCUT2D eigenvalue weighted by Gasteiger charge is 2.12. The molecule has 0 bridgehead atoms. The third-order valence-corrected chi connectivity index (χ3v) is 3.07. The molecule has 0 aliphatic heterocycles. The largest absolute Gasteiger partial charge is 0.496 e. The first kappa shape index (κ1) is 14.0. The molecule has 3 N–H and O–H groups in total. The number of methoxy groups -OCH3 is 1. The van der Waals surface area contributed by atoms with E-state index < -0.39 is 0 Å². The van der Waals surface area contributed by atoms with Gasteiger partial charge in [0.05, 0.1) is 7.11 Å². The summed E-state index contributed by atoms with van der Waals surface area (Å²) in [4.78, 5) is 0. The summed E-state index contributed by atoms with van der Waals surface area (Å²) < 4.78 is 5.34. The van der Waals surface area contributed by atoms with Crippen molar-refractivity contribution < 1.29 is 4.74 Å². The highest BCUT2D eigenvalue weighted by Crippen LogP contribution is 2.26. The fourth-order valence-electron chi connectivity index (χ4n) is 1.90. The van der Waals surface area contributed by atoms with E-state index in [4.69, 9.17) is 10.6 Å². The first-order valence-electron chi connectivity index (χ1n) is 6.19. The molecule has 0 aliphatic carbocycles. The number of hydrogen-bond acceptors (Lipinski definition) is 3. The van der Waals surface area contributed by atoms with E-state index in [1.54, 1.807) is 7.11 Å². The molecule has 96 valence electrons. The van der Waals surface area contributed by atoms with Crippen LogP contribution in [0.5, 0.6) is 5.75 Å². The van der Waals surface area contributed by atoms with Crippen molar-refractivity contribution in [1.29, 1.82) is 0 Å². The van der Waals surface area contributed by atoms with Crippen molar-refractivity contribution in [1.82, 2.24) is 5.43 Å². The molecule has 0 radical (unpaired) electrons. The number of rotatable bonds is 6. The van der Waals surface area contributed by atoms with E-state index in [1.165, 1.54) is 5.56 Å². The Kier molecular flexibility index (Phi) is 5.45. The maximum Gasteiger partial charge on any atom is 0.122 e. The van der Waals surface area contributed by atoms with E-state index in [0.29, 0.717) is 5.92 Å². The molecule has 1 aromatic rings. The van der Waals surface area contributed by atoms with Gasteiger partial charge in [-0.1, -0.05) is 26.0 Å². The van der Waals surface area contributed by atoms with Crippen LogP contribution in [0.25, 0.3) is 0 Å².